The number of hydrogen-bond acceptors (Lipinski definition) is 3. The van der Waals surface area contributed by atoms with Gasteiger partial charge in [-0.25, -0.2) is 0 Å². The van der Waals surface area contributed by atoms with Gasteiger partial charge in [-0.05, 0) is 32.0 Å². The fraction of sp³-hybridized carbons (Fsp3) is 0.429. The summed E-state index contributed by atoms with van der Waals surface area (Å²) in [5, 5.41) is 8.76. The summed E-state index contributed by atoms with van der Waals surface area (Å²) in [6.45, 7) is 3.77. The fourth-order valence-electron chi connectivity index (χ4n) is 1.74. The molecule has 0 spiro atoms. The highest BCUT2D eigenvalue weighted by atomic mass is 35.5. The molecule has 5 nitrogen and oxygen atoms in total. The van der Waals surface area contributed by atoms with Crippen LogP contribution >= 0.6 is 11.6 Å². The average molecular weight is 298 g/mol. The van der Waals surface area contributed by atoms with Gasteiger partial charge >= 0.3 is 0 Å². The summed E-state index contributed by atoms with van der Waals surface area (Å²) in [5.74, 6) is -0.397. The molecule has 110 valence electrons. The predicted molar refractivity (Wildman–Crippen MR) is 81.2 cm³/mol. The minimum atomic E-state index is -0.678. The number of halogens is 1. The maximum absolute atomic E-state index is 12.2. The highest BCUT2D eigenvalue weighted by molar-refractivity contribution is 6.31. The summed E-state index contributed by atoms with van der Waals surface area (Å²) >= 11 is 5.91. The monoisotopic (exact) mass is 297 g/mol. The second-order valence-corrected chi connectivity index (χ2v) is 5.52. The number of carbonyl (C=O) groups is 2. The first-order valence-corrected chi connectivity index (χ1v) is 6.67. The lowest BCUT2D eigenvalue weighted by Gasteiger charge is -2.23. The predicted octanol–water partition coefficient (Wildman–Crippen LogP) is 1.88. The van der Waals surface area contributed by atoms with E-state index in [1.54, 1.807) is 46.1 Å². The molecule has 0 aromatic heterocycles. The Morgan fingerprint density at radius 2 is 1.90 bits per heavy atom. The molecule has 1 aromatic rings. The zero-order valence-corrected chi connectivity index (χ0v) is 12.9. The van der Waals surface area contributed by atoms with Crippen molar-refractivity contribution >= 4 is 29.1 Å². The maximum atomic E-state index is 12.2. The van der Waals surface area contributed by atoms with Gasteiger partial charge in [-0.2, -0.15) is 0 Å². The number of rotatable bonds is 5. The first-order chi connectivity index (χ1) is 9.31. The van der Waals surface area contributed by atoms with Gasteiger partial charge in [0.25, 0.3) is 5.91 Å². The van der Waals surface area contributed by atoms with Crippen LogP contribution in [0, 0.1) is 5.41 Å². The van der Waals surface area contributed by atoms with Crippen LogP contribution in [0.1, 0.15) is 24.2 Å². The summed E-state index contributed by atoms with van der Waals surface area (Å²) in [6, 6.07) is 5.04. The Labute approximate surface area is 124 Å². The van der Waals surface area contributed by atoms with Crippen LogP contribution in [0.5, 0.6) is 0 Å². The van der Waals surface area contributed by atoms with Crippen LogP contribution in [0.2, 0.25) is 5.02 Å². The van der Waals surface area contributed by atoms with Crippen LogP contribution in [0.25, 0.3) is 0 Å². The summed E-state index contributed by atoms with van der Waals surface area (Å²) in [6.07, 6.45) is 0. The summed E-state index contributed by atoms with van der Waals surface area (Å²) in [4.78, 5) is 23.9. The third-order valence-corrected chi connectivity index (χ3v) is 3.26. The van der Waals surface area contributed by atoms with Crippen molar-refractivity contribution in [2.45, 2.75) is 13.8 Å². The number of anilines is 1. The zero-order chi connectivity index (χ0) is 15.3. The molecule has 20 heavy (non-hydrogen) atoms. The molecule has 0 unspecified atom stereocenters. The molecule has 0 radical (unpaired) electrons. The van der Waals surface area contributed by atoms with Gasteiger partial charge in [-0.1, -0.05) is 11.6 Å². The standard InChI is InChI=1S/C14H20ClN3O2/c1-14(2,13(20)17-4)8-18-12(19)10-7-9(15)5-6-11(10)16-3/h5-7,16H,8H2,1-4H3,(H,17,20)(H,18,19). The lowest BCUT2D eigenvalue weighted by molar-refractivity contribution is -0.128. The van der Waals surface area contributed by atoms with Crippen LogP contribution in [-0.4, -0.2) is 32.5 Å². The molecule has 3 N–H and O–H groups in total. The molecule has 0 aliphatic carbocycles. The second-order valence-electron chi connectivity index (χ2n) is 5.09. The number of carbonyl (C=O) groups excluding carboxylic acids is 2. The minimum Gasteiger partial charge on any atom is -0.387 e. The molecule has 0 saturated heterocycles. The normalized spacial score (nSPS) is 10.8. The highest BCUT2D eigenvalue weighted by Crippen LogP contribution is 2.21. The molecular formula is C14H20ClN3O2. The number of benzene rings is 1. The average Bonchev–Trinajstić information content (AvgIpc) is 2.43. The van der Waals surface area contributed by atoms with Crippen molar-refractivity contribution in [3.63, 3.8) is 0 Å². The van der Waals surface area contributed by atoms with E-state index in [1.807, 2.05) is 0 Å². The Bertz CT molecular complexity index is 515. The Hall–Kier alpha value is -1.75. The molecule has 0 fully saturated rings. The molecule has 2 amide bonds. The summed E-state index contributed by atoms with van der Waals surface area (Å²) in [7, 11) is 3.30. The van der Waals surface area contributed by atoms with E-state index in [2.05, 4.69) is 16.0 Å². The molecule has 6 heteroatoms. The van der Waals surface area contributed by atoms with Crippen LogP contribution in [0.15, 0.2) is 18.2 Å². The van der Waals surface area contributed by atoms with Gasteiger partial charge in [0, 0.05) is 31.4 Å². The molecule has 0 aliphatic rings. The smallest absolute Gasteiger partial charge is 0.253 e. The van der Waals surface area contributed by atoms with Gasteiger partial charge in [-0.15, -0.1) is 0 Å². The van der Waals surface area contributed by atoms with Gasteiger partial charge < -0.3 is 16.0 Å². The minimum absolute atomic E-state index is 0.127. The number of hydrogen-bond donors (Lipinski definition) is 3. The topological polar surface area (TPSA) is 70.2 Å². The lowest BCUT2D eigenvalue weighted by atomic mass is 9.92. The van der Waals surface area contributed by atoms with Gasteiger partial charge in [-0.3, -0.25) is 9.59 Å². The van der Waals surface area contributed by atoms with Crippen LogP contribution < -0.4 is 16.0 Å². The van der Waals surface area contributed by atoms with Crippen molar-refractivity contribution in [2.75, 3.05) is 26.0 Å². The Balaban J connectivity index is 2.82. The van der Waals surface area contributed by atoms with Gasteiger partial charge in [0.05, 0.1) is 11.0 Å². The Morgan fingerprint density at radius 1 is 1.25 bits per heavy atom. The van der Waals surface area contributed by atoms with E-state index in [0.717, 1.165) is 0 Å². The van der Waals surface area contributed by atoms with E-state index in [9.17, 15) is 9.59 Å². The molecular weight excluding hydrogens is 278 g/mol. The molecule has 0 heterocycles. The van der Waals surface area contributed by atoms with Crippen molar-refractivity contribution in [1.29, 1.82) is 0 Å². The lowest BCUT2D eigenvalue weighted by Crippen LogP contribution is -2.43. The molecule has 0 saturated carbocycles. The quantitative estimate of drug-likeness (QED) is 0.777. The molecule has 1 aromatic carbocycles. The van der Waals surface area contributed by atoms with Crippen LogP contribution in [0.4, 0.5) is 5.69 Å². The van der Waals surface area contributed by atoms with Crippen molar-refractivity contribution in [1.82, 2.24) is 10.6 Å². The SMILES string of the molecule is CNC(=O)C(C)(C)CNC(=O)c1cc(Cl)ccc1NC. The third-order valence-electron chi connectivity index (χ3n) is 3.03. The molecule has 0 bridgehead atoms. The first-order valence-electron chi connectivity index (χ1n) is 6.29. The second kappa shape index (κ2) is 6.61. The molecule has 1 rings (SSSR count). The Kier molecular flexibility index (Phi) is 5.39. The van der Waals surface area contributed by atoms with E-state index in [-0.39, 0.29) is 18.4 Å². The summed E-state index contributed by atoms with van der Waals surface area (Å²) in [5.41, 5.74) is 0.459. The van der Waals surface area contributed by atoms with Crippen LogP contribution in [-0.2, 0) is 4.79 Å². The first kappa shape index (κ1) is 16.3. The third kappa shape index (κ3) is 3.87. The highest BCUT2D eigenvalue weighted by Gasteiger charge is 2.27. The van der Waals surface area contributed by atoms with E-state index in [4.69, 9.17) is 11.6 Å². The van der Waals surface area contributed by atoms with E-state index < -0.39 is 5.41 Å². The van der Waals surface area contributed by atoms with Crippen LogP contribution in [0.3, 0.4) is 0 Å². The molecule has 0 aliphatic heterocycles. The zero-order valence-electron chi connectivity index (χ0n) is 12.1. The number of nitrogens with one attached hydrogen (secondary N) is 3. The van der Waals surface area contributed by atoms with E-state index in [0.29, 0.717) is 16.3 Å². The molecule has 0 atom stereocenters. The summed E-state index contributed by atoms with van der Waals surface area (Å²) < 4.78 is 0. The van der Waals surface area contributed by atoms with Gasteiger partial charge in [0.1, 0.15) is 0 Å². The van der Waals surface area contributed by atoms with Crippen molar-refractivity contribution in [3.05, 3.63) is 28.8 Å². The van der Waals surface area contributed by atoms with E-state index >= 15 is 0 Å². The Morgan fingerprint density at radius 3 is 2.45 bits per heavy atom. The maximum Gasteiger partial charge on any atom is 0.253 e. The van der Waals surface area contributed by atoms with Gasteiger partial charge in [0.15, 0.2) is 0 Å². The number of amides is 2. The fourth-order valence-corrected chi connectivity index (χ4v) is 1.91. The van der Waals surface area contributed by atoms with Crippen molar-refractivity contribution < 1.29 is 9.59 Å². The van der Waals surface area contributed by atoms with Crippen molar-refractivity contribution in [2.24, 2.45) is 5.41 Å². The van der Waals surface area contributed by atoms with E-state index in [1.165, 1.54) is 0 Å². The van der Waals surface area contributed by atoms with Crippen molar-refractivity contribution in [3.8, 4) is 0 Å². The van der Waals surface area contributed by atoms with Gasteiger partial charge in [0.2, 0.25) is 5.91 Å². The largest absolute Gasteiger partial charge is 0.387 e.